The minimum absolute atomic E-state index is 0.0499. The highest BCUT2D eigenvalue weighted by Gasteiger charge is 2.09. The van der Waals surface area contributed by atoms with E-state index in [0.29, 0.717) is 36.5 Å². The third kappa shape index (κ3) is 18.7. The molecule has 0 heterocycles. The maximum Gasteiger partial charge on any atom is 0.240 e. The number of carbonyl (C=O) groups excluding carboxylic acids is 2. The summed E-state index contributed by atoms with van der Waals surface area (Å²) >= 11 is 0. The Morgan fingerprint density at radius 2 is 0.839 bits per heavy atom. The van der Waals surface area contributed by atoms with Gasteiger partial charge in [0.05, 0.1) is 0 Å². The molecule has 180 valence electrons. The number of carbonyl (C=O) groups is 2. The Morgan fingerprint density at radius 3 is 1.10 bits per heavy atom. The van der Waals surface area contributed by atoms with Crippen LogP contribution in [0.25, 0.3) is 0 Å². The summed E-state index contributed by atoms with van der Waals surface area (Å²) in [6, 6.07) is 0. The van der Waals surface area contributed by atoms with Crippen LogP contribution in [0.15, 0.2) is 10.2 Å². The average Bonchev–Trinajstić information content (AvgIpc) is 2.62. The Balaban J connectivity index is 4.20. The van der Waals surface area contributed by atoms with Crippen LogP contribution in [0.3, 0.4) is 0 Å². The van der Waals surface area contributed by atoms with Gasteiger partial charge in [-0.25, -0.2) is 10.9 Å². The van der Waals surface area contributed by atoms with Crippen molar-refractivity contribution in [3.8, 4) is 0 Å². The minimum atomic E-state index is -0.0499. The predicted molar refractivity (Wildman–Crippen MR) is 132 cm³/mol. The Hall–Kier alpha value is -1.72. The lowest BCUT2D eigenvalue weighted by Crippen LogP contribution is -2.21. The molecule has 2 amide bonds. The minimum Gasteiger partial charge on any atom is -0.273 e. The second-order valence-corrected chi connectivity index (χ2v) is 10.4. The fourth-order valence-electron chi connectivity index (χ4n) is 3.38. The van der Waals surface area contributed by atoms with E-state index in [1.807, 2.05) is 0 Å². The monoisotopic (exact) mass is 436 g/mol. The standard InChI is InChI=1S/C25H48N4O2/c1-18(2)14-22(15-19(3)4)26-28-24(30)12-10-9-11-13-25(31)29-27-23(16-20(5)6)17-21(7)8/h18-21H,9-17H2,1-8H3,(H,28,30)(H,29,31). The first-order valence-electron chi connectivity index (χ1n) is 12.2. The van der Waals surface area contributed by atoms with Gasteiger partial charge in [-0.05, 0) is 62.2 Å². The van der Waals surface area contributed by atoms with Crippen LogP contribution >= 0.6 is 0 Å². The molecule has 0 unspecified atom stereocenters. The van der Waals surface area contributed by atoms with Gasteiger partial charge in [0.2, 0.25) is 11.8 Å². The van der Waals surface area contributed by atoms with E-state index in [0.717, 1.165) is 56.4 Å². The van der Waals surface area contributed by atoms with Crippen LogP contribution in [-0.4, -0.2) is 23.2 Å². The summed E-state index contributed by atoms with van der Waals surface area (Å²) < 4.78 is 0. The highest BCUT2D eigenvalue weighted by atomic mass is 16.2. The number of hydrogen-bond acceptors (Lipinski definition) is 4. The maximum atomic E-state index is 12.1. The molecule has 31 heavy (non-hydrogen) atoms. The summed E-state index contributed by atoms with van der Waals surface area (Å²) in [5.41, 5.74) is 7.54. The quantitative estimate of drug-likeness (QED) is 0.175. The number of unbranched alkanes of at least 4 members (excludes halogenated alkanes) is 2. The molecule has 0 aromatic rings. The van der Waals surface area contributed by atoms with Gasteiger partial charge in [0.25, 0.3) is 0 Å². The van der Waals surface area contributed by atoms with E-state index in [-0.39, 0.29) is 11.8 Å². The van der Waals surface area contributed by atoms with Crippen molar-refractivity contribution in [1.82, 2.24) is 10.9 Å². The molecule has 0 aliphatic carbocycles. The van der Waals surface area contributed by atoms with E-state index < -0.39 is 0 Å². The van der Waals surface area contributed by atoms with Crippen LogP contribution in [0.1, 0.15) is 113 Å². The molecule has 0 bridgehead atoms. The fourth-order valence-corrected chi connectivity index (χ4v) is 3.38. The topological polar surface area (TPSA) is 82.9 Å². The molecule has 0 aliphatic heterocycles. The molecule has 2 N–H and O–H groups in total. The molecule has 0 saturated heterocycles. The fraction of sp³-hybridized carbons (Fsp3) is 0.840. The zero-order valence-electron chi connectivity index (χ0n) is 21.4. The highest BCUT2D eigenvalue weighted by Crippen LogP contribution is 2.11. The van der Waals surface area contributed by atoms with Crippen molar-refractivity contribution in [2.45, 2.75) is 113 Å². The molecular weight excluding hydrogens is 388 g/mol. The summed E-state index contributed by atoms with van der Waals surface area (Å²) in [5, 5.41) is 8.70. The lowest BCUT2D eigenvalue weighted by atomic mass is 9.99. The second-order valence-electron chi connectivity index (χ2n) is 10.4. The van der Waals surface area contributed by atoms with E-state index in [9.17, 15) is 9.59 Å². The Labute approximate surface area is 191 Å². The van der Waals surface area contributed by atoms with Crippen LogP contribution in [0, 0.1) is 23.7 Å². The highest BCUT2D eigenvalue weighted by molar-refractivity contribution is 5.87. The first-order chi connectivity index (χ1) is 14.5. The van der Waals surface area contributed by atoms with Gasteiger partial charge in [-0.2, -0.15) is 10.2 Å². The number of nitrogens with one attached hydrogen (secondary N) is 2. The van der Waals surface area contributed by atoms with Crippen molar-refractivity contribution >= 4 is 23.2 Å². The van der Waals surface area contributed by atoms with Gasteiger partial charge in [0, 0.05) is 24.3 Å². The van der Waals surface area contributed by atoms with Gasteiger partial charge in [-0.1, -0.05) is 61.8 Å². The molecule has 0 atom stereocenters. The Kier molecular flexibility index (Phi) is 16.0. The third-order valence-corrected chi connectivity index (χ3v) is 4.56. The lowest BCUT2D eigenvalue weighted by molar-refractivity contribution is -0.121. The number of hydrazone groups is 2. The van der Waals surface area contributed by atoms with Crippen molar-refractivity contribution < 1.29 is 9.59 Å². The van der Waals surface area contributed by atoms with Crippen LogP contribution in [0.4, 0.5) is 0 Å². The summed E-state index contributed by atoms with van der Waals surface area (Å²) in [6.45, 7) is 17.3. The number of nitrogens with zero attached hydrogens (tertiary/aromatic N) is 2. The van der Waals surface area contributed by atoms with Gasteiger partial charge in [0.15, 0.2) is 0 Å². The second kappa shape index (κ2) is 16.9. The molecule has 0 fully saturated rings. The molecule has 0 rings (SSSR count). The zero-order valence-corrected chi connectivity index (χ0v) is 21.4. The summed E-state index contributed by atoms with van der Waals surface area (Å²) in [4.78, 5) is 24.1. The SMILES string of the molecule is CC(C)CC(CC(C)C)=NNC(=O)CCCCCC(=O)NN=C(CC(C)C)CC(C)C. The van der Waals surface area contributed by atoms with Crippen molar-refractivity contribution in [3.63, 3.8) is 0 Å². The predicted octanol–water partition coefficient (Wildman–Crippen LogP) is 6.07. The third-order valence-electron chi connectivity index (χ3n) is 4.56. The molecule has 0 aromatic heterocycles. The smallest absolute Gasteiger partial charge is 0.240 e. The molecule has 0 radical (unpaired) electrons. The molecule has 6 nitrogen and oxygen atoms in total. The lowest BCUT2D eigenvalue weighted by Gasteiger charge is -2.12. The van der Waals surface area contributed by atoms with Crippen LogP contribution in [0.5, 0.6) is 0 Å². The van der Waals surface area contributed by atoms with Crippen molar-refractivity contribution in [3.05, 3.63) is 0 Å². The number of hydrogen-bond donors (Lipinski definition) is 2. The number of amides is 2. The molecule has 0 aromatic carbocycles. The summed E-state index contributed by atoms with van der Waals surface area (Å²) in [6.07, 6.45) is 6.86. The van der Waals surface area contributed by atoms with Gasteiger partial charge >= 0.3 is 0 Å². The van der Waals surface area contributed by atoms with Gasteiger partial charge < -0.3 is 0 Å². The molecule has 0 spiro atoms. The molecule has 0 saturated carbocycles. The van der Waals surface area contributed by atoms with Crippen molar-refractivity contribution in [1.29, 1.82) is 0 Å². The van der Waals surface area contributed by atoms with Crippen LogP contribution in [-0.2, 0) is 9.59 Å². The van der Waals surface area contributed by atoms with E-state index in [1.54, 1.807) is 0 Å². The van der Waals surface area contributed by atoms with Gasteiger partial charge in [-0.3, -0.25) is 9.59 Å². The largest absolute Gasteiger partial charge is 0.273 e. The Morgan fingerprint density at radius 1 is 0.548 bits per heavy atom. The van der Waals surface area contributed by atoms with Crippen LogP contribution < -0.4 is 10.9 Å². The zero-order chi connectivity index (χ0) is 23.8. The van der Waals surface area contributed by atoms with Crippen molar-refractivity contribution in [2.24, 2.45) is 33.9 Å². The average molecular weight is 437 g/mol. The summed E-state index contributed by atoms with van der Waals surface area (Å²) in [7, 11) is 0. The van der Waals surface area contributed by atoms with Crippen molar-refractivity contribution in [2.75, 3.05) is 0 Å². The normalized spacial score (nSPS) is 11.2. The molecule has 6 heteroatoms. The van der Waals surface area contributed by atoms with Gasteiger partial charge in [0.1, 0.15) is 0 Å². The van der Waals surface area contributed by atoms with E-state index in [2.05, 4.69) is 76.4 Å². The van der Waals surface area contributed by atoms with Gasteiger partial charge in [-0.15, -0.1) is 0 Å². The first-order valence-corrected chi connectivity index (χ1v) is 12.2. The summed E-state index contributed by atoms with van der Waals surface area (Å²) in [5.74, 6) is 2.00. The van der Waals surface area contributed by atoms with E-state index in [4.69, 9.17) is 0 Å². The Bertz CT molecular complexity index is 504. The van der Waals surface area contributed by atoms with Crippen LogP contribution in [0.2, 0.25) is 0 Å². The molecule has 0 aliphatic rings. The molecular formula is C25H48N4O2. The first kappa shape index (κ1) is 29.3. The van der Waals surface area contributed by atoms with E-state index in [1.165, 1.54) is 0 Å². The maximum absolute atomic E-state index is 12.1. The van der Waals surface area contributed by atoms with E-state index >= 15 is 0 Å². The number of rotatable bonds is 16.